The van der Waals surface area contributed by atoms with E-state index < -0.39 is 10.2 Å². The normalized spacial score (nSPS) is 9.13. The molecule has 0 bridgehead atoms. The van der Waals surface area contributed by atoms with Gasteiger partial charge in [0, 0.05) is 0 Å². The summed E-state index contributed by atoms with van der Waals surface area (Å²) < 4.78 is 5.77. The van der Waals surface area contributed by atoms with E-state index in [2.05, 4.69) is 84.9 Å². The summed E-state index contributed by atoms with van der Waals surface area (Å²) >= 11 is -0.210. The number of halogens is 2. The van der Waals surface area contributed by atoms with Gasteiger partial charge in [-0.15, -0.1) is 0 Å². The van der Waals surface area contributed by atoms with E-state index in [4.69, 9.17) is 35.9 Å². The molecular formula is C20H15I2N3O6. The highest BCUT2D eigenvalue weighted by Gasteiger charge is 2.19. The number of hydrogen-bond donors (Lipinski definition) is 0. The maximum Gasteiger partial charge on any atom is 0.357 e. The van der Waals surface area contributed by atoms with Crippen LogP contribution in [0.15, 0.2) is 78.9 Å². The Bertz CT molecular complexity index is 974. The zero-order valence-electron chi connectivity index (χ0n) is 15.8. The topological polar surface area (TPSA) is 156 Å². The van der Waals surface area contributed by atoms with E-state index in [1.807, 2.05) is 0 Å². The van der Waals surface area contributed by atoms with E-state index in [-0.39, 0.29) is 42.4 Å². The molecule has 0 radical (unpaired) electrons. The highest BCUT2D eigenvalue weighted by molar-refractivity contribution is 5.17. The first-order valence-corrected chi connectivity index (χ1v) is 12.7. The predicted octanol–water partition coefficient (Wildman–Crippen LogP) is -2.47. The number of benzene rings is 3. The molecule has 0 amide bonds. The first-order chi connectivity index (χ1) is 14.8. The van der Waals surface area contributed by atoms with Gasteiger partial charge in [-0.2, -0.15) is 5.26 Å². The third-order valence-electron chi connectivity index (χ3n) is 3.17. The minimum atomic E-state index is -1.75. The van der Waals surface area contributed by atoms with E-state index in [1.165, 1.54) is 14.3 Å². The van der Waals surface area contributed by atoms with Crippen LogP contribution in [0.3, 0.4) is 0 Å². The fraction of sp³-hybridized carbons (Fsp3) is 0.0500. The lowest BCUT2D eigenvalue weighted by molar-refractivity contribution is -0.603. The molecule has 0 aliphatic rings. The van der Waals surface area contributed by atoms with Crippen LogP contribution in [-0.4, -0.2) is 10.2 Å². The minimum absolute atomic E-state index is 0.0719. The van der Waals surface area contributed by atoms with Gasteiger partial charge in [-0.05, 0) is 54.1 Å². The monoisotopic (exact) mass is 647 g/mol. The molecule has 0 atom stereocenters. The van der Waals surface area contributed by atoms with E-state index in [1.54, 1.807) is 0 Å². The predicted molar refractivity (Wildman–Crippen MR) is 104 cm³/mol. The molecule has 0 aromatic heterocycles. The molecule has 0 N–H and O–H groups in total. The van der Waals surface area contributed by atoms with Crippen molar-refractivity contribution in [2.75, 3.05) is 0 Å². The van der Waals surface area contributed by atoms with Crippen LogP contribution in [0.25, 0.3) is 0 Å². The van der Waals surface area contributed by atoms with Crippen LogP contribution in [0.1, 0.15) is 5.56 Å². The molecule has 0 heterocycles. The first kappa shape index (κ1) is 26.0. The summed E-state index contributed by atoms with van der Waals surface area (Å²) in [5.41, 5.74) is 1.10. The molecule has 3 aromatic rings. The van der Waals surface area contributed by atoms with E-state index >= 15 is 0 Å². The van der Waals surface area contributed by atoms with Crippen molar-refractivity contribution in [3.05, 3.63) is 129 Å². The number of nitriles is 1. The van der Waals surface area contributed by atoms with Gasteiger partial charge in [-0.1, -0.05) is 30.3 Å². The quantitative estimate of drug-likeness (QED) is 0.169. The maximum atomic E-state index is 8.72. The van der Waals surface area contributed by atoms with Crippen LogP contribution >= 0.6 is 0 Å². The Kier molecular flexibility index (Phi) is 12.5. The van der Waals surface area contributed by atoms with Gasteiger partial charge in [-0.3, -0.25) is 0 Å². The van der Waals surface area contributed by atoms with E-state index in [0.29, 0.717) is 6.42 Å². The zero-order valence-corrected chi connectivity index (χ0v) is 20.1. The van der Waals surface area contributed by atoms with Crippen molar-refractivity contribution in [3.8, 4) is 6.07 Å². The van der Waals surface area contributed by atoms with Gasteiger partial charge in [-0.25, -0.2) is 0 Å². The Morgan fingerprint density at radius 3 is 1.32 bits per heavy atom. The molecule has 0 unspecified atom stereocenters. The lowest BCUT2D eigenvalue weighted by Gasteiger charge is -1.92. The summed E-state index contributed by atoms with van der Waals surface area (Å²) in [4.78, 5) is 16.5. The van der Waals surface area contributed by atoms with Crippen molar-refractivity contribution in [1.29, 1.82) is 5.26 Å². The lowest BCUT2D eigenvalue weighted by atomic mass is 10.2. The molecule has 0 aliphatic heterocycles. The van der Waals surface area contributed by atoms with Gasteiger partial charge in [0.2, 0.25) is 0 Å². The lowest BCUT2D eigenvalue weighted by Crippen LogP contribution is -3.62. The van der Waals surface area contributed by atoms with Crippen molar-refractivity contribution in [2.45, 2.75) is 6.42 Å². The van der Waals surface area contributed by atoms with Crippen molar-refractivity contribution in [3.63, 3.8) is 0 Å². The molecule has 3 aromatic carbocycles. The molecule has 0 saturated carbocycles. The SMILES string of the molecule is N#CCc1ccc([I+]c2ccc([I+]c3ccccc3)cc2)cc1.O=[N+]([O-])[O-].O=[N+]([O-])[O-]. The van der Waals surface area contributed by atoms with Gasteiger partial charge < -0.3 is 30.6 Å². The second-order valence-electron chi connectivity index (χ2n) is 5.33. The Morgan fingerprint density at radius 2 is 0.968 bits per heavy atom. The zero-order chi connectivity index (χ0) is 23.1. The van der Waals surface area contributed by atoms with Gasteiger partial charge >= 0.3 is 42.4 Å². The van der Waals surface area contributed by atoms with Gasteiger partial charge in [0.1, 0.15) is 0 Å². The van der Waals surface area contributed by atoms with E-state index in [9.17, 15) is 0 Å². The molecule has 0 saturated heterocycles. The van der Waals surface area contributed by atoms with Crippen LogP contribution in [0.4, 0.5) is 0 Å². The standard InChI is InChI=1S/C20H15I2N.2NO3/c23-15-14-16-6-8-18(9-7-16)22-20-12-10-19(11-13-20)21-17-4-2-1-3-5-17;2*2-1(3)4/h1-13H,14H2;;/q+2;2*-1. The largest absolute Gasteiger partial charge is 0.357 e. The van der Waals surface area contributed by atoms with Crippen LogP contribution in [-0.2, 0) is 6.42 Å². The second-order valence-corrected chi connectivity index (χ2v) is 11.4. The van der Waals surface area contributed by atoms with Crippen molar-refractivity contribution in [1.82, 2.24) is 0 Å². The number of rotatable bonds is 5. The van der Waals surface area contributed by atoms with Crippen LogP contribution < -0.4 is 42.4 Å². The summed E-state index contributed by atoms with van der Waals surface area (Å²) in [6, 6.07) is 30.6. The van der Waals surface area contributed by atoms with Gasteiger partial charge in [0.05, 0.1) is 22.7 Å². The highest BCUT2D eigenvalue weighted by atomic mass is 127. The average molecular weight is 647 g/mol. The van der Waals surface area contributed by atoms with Gasteiger partial charge in [0.25, 0.3) is 0 Å². The highest BCUT2D eigenvalue weighted by Crippen LogP contribution is 1.98. The van der Waals surface area contributed by atoms with Crippen molar-refractivity contribution in [2.24, 2.45) is 0 Å². The van der Waals surface area contributed by atoms with Crippen LogP contribution in [0.5, 0.6) is 0 Å². The fourth-order valence-corrected chi connectivity index (χ4v) is 6.41. The first-order valence-electron chi connectivity index (χ1n) is 8.34. The molecule has 0 fully saturated rings. The smallest absolute Gasteiger partial charge is 0.356 e. The minimum Gasteiger partial charge on any atom is -0.356 e. The Morgan fingerprint density at radius 1 is 0.645 bits per heavy atom. The second kappa shape index (κ2) is 14.9. The van der Waals surface area contributed by atoms with Gasteiger partial charge in [0.15, 0.2) is 14.3 Å². The third kappa shape index (κ3) is 13.0. The van der Waals surface area contributed by atoms with Crippen molar-refractivity contribution >= 4 is 0 Å². The Balaban J connectivity index is 0.000000519. The average Bonchev–Trinajstić information content (AvgIpc) is 2.71. The summed E-state index contributed by atoms with van der Waals surface area (Å²) in [5.74, 6) is 0. The molecule has 31 heavy (non-hydrogen) atoms. The molecule has 0 spiro atoms. The van der Waals surface area contributed by atoms with E-state index in [0.717, 1.165) is 5.56 Å². The molecule has 9 nitrogen and oxygen atoms in total. The molecule has 160 valence electrons. The molecule has 3 rings (SSSR count). The molecule has 11 heteroatoms. The molecule has 0 aliphatic carbocycles. The summed E-state index contributed by atoms with van der Waals surface area (Å²) in [6.07, 6.45) is 0.496. The summed E-state index contributed by atoms with van der Waals surface area (Å²) in [5, 5.41) is 38.2. The van der Waals surface area contributed by atoms with Crippen molar-refractivity contribution < 1.29 is 52.6 Å². The Hall–Kier alpha value is -2.99. The number of nitrogens with zero attached hydrogens (tertiary/aromatic N) is 3. The third-order valence-corrected chi connectivity index (χ3v) is 8.54. The number of hydrogen-bond acceptors (Lipinski definition) is 7. The van der Waals surface area contributed by atoms with Crippen LogP contribution in [0, 0.1) is 56.3 Å². The fourth-order valence-electron chi connectivity index (χ4n) is 2.04. The molecular weight excluding hydrogens is 632 g/mol. The Labute approximate surface area is 198 Å². The summed E-state index contributed by atoms with van der Waals surface area (Å²) in [6.45, 7) is 0. The summed E-state index contributed by atoms with van der Waals surface area (Å²) in [7, 11) is 0. The maximum absolute atomic E-state index is 8.72. The van der Waals surface area contributed by atoms with Crippen LogP contribution in [0.2, 0.25) is 0 Å².